The molecule has 1 atom stereocenters. The molecule has 0 aromatic heterocycles. The van der Waals surface area contributed by atoms with Crippen molar-refractivity contribution in [2.75, 3.05) is 24.7 Å². The van der Waals surface area contributed by atoms with Crippen molar-refractivity contribution in [3.05, 3.63) is 29.8 Å². The van der Waals surface area contributed by atoms with Crippen molar-refractivity contribution >= 4 is 11.8 Å². The van der Waals surface area contributed by atoms with Crippen LogP contribution in [-0.2, 0) is 4.74 Å². The van der Waals surface area contributed by atoms with Crippen LogP contribution in [0, 0.1) is 11.3 Å². The molecule has 102 valence electrons. The smallest absolute Gasteiger partial charge is 0.137 e. The molecule has 0 amide bonds. The molecule has 0 aliphatic carbocycles. The van der Waals surface area contributed by atoms with Crippen molar-refractivity contribution in [3.8, 4) is 11.8 Å². The van der Waals surface area contributed by atoms with Gasteiger partial charge >= 0.3 is 0 Å². The second-order valence-electron chi connectivity index (χ2n) is 4.52. The van der Waals surface area contributed by atoms with Gasteiger partial charge in [-0.1, -0.05) is 12.1 Å². The Labute approximate surface area is 118 Å². The first-order valence-corrected chi connectivity index (χ1v) is 7.87. The summed E-state index contributed by atoms with van der Waals surface area (Å²) in [6.07, 6.45) is 3.88. The molecule has 1 unspecified atom stereocenters. The Morgan fingerprint density at radius 3 is 3.11 bits per heavy atom. The Morgan fingerprint density at radius 1 is 1.42 bits per heavy atom. The third kappa shape index (κ3) is 4.77. The molecule has 1 aromatic rings. The van der Waals surface area contributed by atoms with Gasteiger partial charge in [-0.05, 0) is 37.1 Å². The molecule has 0 radical (unpaired) electrons. The van der Waals surface area contributed by atoms with Crippen LogP contribution < -0.4 is 4.74 Å². The lowest BCUT2D eigenvalue weighted by Crippen LogP contribution is -2.09. The summed E-state index contributed by atoms with van der Waals surface area (Å²) in [6, 6.07) is 9.50. The van der Waals surface area contributed by atoms with Gasteiger partial charge in [0, 0.05) is 12.4 Å². The normalized spacial score (nSPS) is 18.2. The van der Waals surface area contributed by atoms with Crippen LogP contribution in [0.2, 0.25) is 0 Å². The molecule has 1 aromatic carbocycles. The number of hydrogen-bond donors (Lipinski definition) is 0. The minimum Gasteiger partial charge on any atom is -0.492 e. The van der Waals surface area contributed by atoms with Gasteiger partial charge in [0.25, 0.3) is 0 Å². The molecule has 4 heteroatoms. The fourth-order valence-electron chi connectivity index (χ4n) is 2.02. The maximum atomic E-state index is 8.93. The molecular weight excluding hydrogens is 258 g/mol. The SMILES string of the molecule is N#Cc1ccccc1OCCCSCC1CCCO1. The highest BCUT2D eigenvalue weighted by Crippen LogP contribution is 2.19. The lowest BCUT2D eigenvalue weighted by Gasteiger charge is -2.09. The maximum Gasteiger partial charge on any atom is 0.137 e. The second-order valence-corrected chi connectivity index (χ2v) is 5.67. The maximum absolute atomic E-state index is 8.93. The van der Waals surface area contributed by atoms with Gasteiger partial charge in [-0.2, -0.15) is 17.0 Å². The molecule has 1 aliphatic rings. The largest absolute Gasteiger partial charge is 0.492 e. The predicted molar refractivity (Wildman–Crippen MR) is 77.6 cm³/mol. The molecule has 19 heavy (non-hydrogen) atoms. The zero-order valence-electron chi connectivity index (χ0n) is 11.0. The first-order chi connectivity index (χ1) is 9.40. The molecule has 0 spiro atoms. The number of thioether (sulfide) groups is 1. The Bertz CT molecular complexity index is 424. The summed E-state index contributed by atoms with van der Waals surface area (Å²) >= 11 is 1.93. The minimum atomic E-state index is 0.463. The average Bonchev–Trinajstić information content (AvgIpc) is 2.96. The van der Waals surface area contributed by atoms with Crippen LogP contribution in [0.3, 0.4) is 0 Å². The van der Waals surface area contributed by atoms with E-state index in [-0.39, 0.29) is 0 Å². The van der Waals surface area contributed by atoms with E-state index in [0.29, 0.717) is 24.0 Å². The van der Waals surface area contributed by atoms with Crippen molar-refractivity contribution in [3.63, 3.8) is 0 Å². The number of ether oxygens (including phenoxy) is 2. The summed E-state index contributed by atoms with van der Waals surface area (Å²) in [5.74, 6) is 2.86. The van der Waals surface area contributed by atoms with Crippen LogP contribution in [0.1, 0.15) is 24.8 Å². The third-order valence-electron chi connectivity index (χ3n) is 3.03. The molecule has 1 heterocycles. The second kappa shape index (κ2) is 8.08. The van der Waals surface area contributed by atoms with Gasteiger partial charge in [0.15, 0.2) is 0 Å². The van der Waals surface area contributed by atoms with Gasteiger partial charge in [0.05, 0.1) is 18.3 Å². The Hall–Kier alpha value is -1.18. The predicted octanol–water partition coefficient (Wildman–Crippen LogP) is 3.24. The van der Waals surface area contributed by atoms with Gasteiger partial charge in [0.1, 0.15) is 11.8 Å². The number of para-hydroxylation sites is 1. The molecule has 3 nitrogen and oxygen atoms in total. The van der Waals surface area contributed by atoms with Crippen molar-refractivity contribution in [2.24, 2.45) is 0 Å². The molecule has 0 N–H and O–H groups in total. The van der Waals surface area contributed by atoms with E-state index in [9.17, 15) is 0 Å². The Balaban J connectivity index is 1.57. The van der Waals surface area contributed by atoms with Crippen molar-refractivity contribution in [1.29, 1.82) is 5.26 Å². The highest BCUT2D eigenvalue weighted by atomic mass is 32.2. The van der Waals surface area contributed by atoms with Gasteiger partial charge in [0.2, 0.25) is 0 Å². The summed E-state index contributed by atoms with van der Waals surface area (Å²) < 4.78 is 11.2. The first kappa shape index (κ1) is 14.2. The van der Waals surface area contributed by atoms with Crippen LogP contribution >= 0.6 is 11.8 Å². The third-order valence-corrected chi connectivity index (χ3v) is 4.21. The highest BCUT2D eigenvalue weighted by molar-refractivity contribution is 7.99. The first-order valence-electron chi connectivity index (χ1n) is 6.71. The van der Waals surface area contributed by atoms with E-state index in [1.807, 2.05) is 30.0 Å². The molecular formula is C15H19NO2S. The highest BCUT2D eigenvalue weighted by Gasteiger charge is 2.14. The van der Waals surface area contributed by atoms with Crippen molar-refractivity contribution < 1.29 is 9.47 Å². The van der Waals surface area contributed by atoms with Gasteiger partial charge < -0.3 is 9.47 Å². The van der Waals surface area contributed by atoms with Gasteiger partial charge in [-0.15, -0.1) is 0 Å². The molecule has 2 rings (SSSR count). The van der Waals surface area contributed by atoms with Crippen LogP contribution in [-0.4, -0.2) is 30.8 Å². The van der Waals surface area contributed by atoms with E-state index in [1.54, 1.807) is 6.07 Å². The van der Waals surface area contributed by atoms with Crippen molar-refractivity contribution in [2.45, 2.75) is 25.4 Å². The molecule has 1 fully saturated rings. The van der Waals surface area contributed by atoms with E-state index < -0.39 is 0 Å². The molecule has 1 saturated heterocycles. The topological polar surface area (TPSA) is 42.2 Å². The van der Waals surface area contributed by atoms with Crippen LogP contribution in [0.15, 0.2) is 24.3 Å². The van der Waals surface area contributed by atoms with E-state index in [1.165, 1.54) is 12.8 Å². The lowest BCUT2D eigenvalue weighted by molar-refractivity contribution is 0.129. The lowest BCUT2D eigenvalue weighted by atomic mass is 10.2. The zero-order chi connectivity index (χ0) is 13.3. The minimum absolute atomic E-state index is 0.463. The standard InChI is InChI=1S/C15H19NO2S/c16-11-13-5-1-2-7-15(13)18-9-4-10-19-12-14-6-3-8-17-14/h1-2,5,7,14H,3-4,6,8-10,12H2. The average molecular weight is 277 g/mol. The van der Waals surface area contributed by atoms with E-state index in [2.05, 4.69) is 6.07 Å². The fraction of sp³-hybridized carbons (Fsp3) is 0.533. The van der Waals surface area contributed by atoms with E-state index in [0.717, 1.165) is 24.5 Å². The monoisotopic (exact) mass is 277 g/mol. The number of rotatable bonds is 7. The molecule has 0 bridgehead atoms. The Morgan fingerprint density at radius 2 is 2.32 bits per heavy atom. The fourth-order valence-corrected chi connectivity index (χ4v) is 3.03. The summed E-state index contributed by atoms with van der Waals surface area (Å²) in [7, 11) is 0. The quantitative estimate of drug-likeness (QED) is 0.718. The van der Waals surface area contributed by atoms with Crippen molar-refractivity contribution in [1.82, 2.24) is 0 Å². The van der Waals surface area contributed by atoms with E-state index in [4.69, 9.17) is 14.7 Å². The van der Waals surface area contributed by atoms with Crippen LogP contribution in [0.4, 0.5) is 0 Å². The molecule has 1 aliphatic heterocycles. The summed E-state index contributed by atoms with van der Waals surface area (Å²) in [6.45, 7) is 1.59. The zero-order valence-corrected chi connectivity index (χ0v) is 11.8. The number of nitriles is 1. The number of benzene rings is 1. The summed E-state index contributed by atoms with van der Waals surface area (Å²) in [4.78, 5) is 0. The van der Waals surface area contributed by atoms with Gasteiger partial charge in [-0.25, -0.2) is 0 Å². The Kier molecular flexibility index (Phi) is 6.06. The molecule has 0 saturated carbocycles. The van der Waals surface area contributed by atoms with E-state index >= 15 is 0 Å². The number of hydrogen-bond acceptors (Lipinski definition) is 4. The van der Waals surface area contributed by atoms with Crippen LogP contribution in [0.5, 0.6) is 5.75 Å². The van der Waals surface area contributed by atoms with Gasteiger partial charge in [-0.3, -0.25) is 0 Å². The number of nitrogens with zero attached hydrogens (tertiary/aromatic N) is 1. The van der Waals surface area contributed by atoms with Crippen LogP contribution in [0.25, 0.3) is 0 Å². The summed E-state index contributed by atoms with van der Waals surface area (Å²) in [5, 5.41) is 8.93. The summed E-state index contributed by atoms with van der Waals surface area (Å²) in [5.41, 5.74) is 0.606.